The Morgan fingerprint density at radius 1 is 1.60 bits per heavy atom. The zero-order valence-corrected chi connectivity index (χ0v) is 6.64. The number of aromatic amines is 1. The van der Waals surface area contributed by atoms with Crippen molar-refractivity contribution in [3.63, 3.8) is 0 Å². The summed E-state index contributed by atoms with van der Waals surface area (Å²) in [6.45, 7) is 0. The first-order valence-corrected chi connectivity index (χ1v) is 3.66. The third-order valence-electron chi connectivity index (χ3n) is 1.28. The summed E-state index contributed by atoms with van der Waals surface area (Å²) in [4.78, 5) is 7.12. The van der Waals surface area contributed by atoms with Crippen molar-refractivity contribution in [2.24, 2.45) is 0 Å². The van der Waals surface area contributed by atoms with E-state index in [1.165, 1.54) is 0 Å². The molecule has 0 aliphatic rings. The van der Waals surface area contributed by atoms with Gasteiger partial charge in [0, 0.05) is 11.6 Å². The van der Waals surface area contributed by atoms with Crippen LogP contribution in [-0.2, 0) is 0 Å². The van der Waals surface area contributed by atoms with E-state index in [1.54, 1.807) is 12.3 Å². The third-order valence-corrected chi connectivity index (χ3v) is 1.71. The molecule has 0 unspecified atom stereocenters. The van der Waals surface area contributed by atoms with Crippen molar-refractivity contribution in [3.8, 4) is 0 Å². The molecule has 2 rings (SSSR count). The molecule has 0 amide bonds. The molecule has 0 saturated carbocycles. The second-order valence-corrected chi connectivity index (χ2v) is 2.82. The van der Waals surface area contributed by atoms with Gasteiger partial charge in [0.25, 0.3) is 0 Å². The Hall–Kier alpha value is -0.830. The lowest BCUT2D eigenvalue weighted by molar-refractivity contribution is 1.30. The minimum atomic E-state index is 0.870. The van der Waals surface area contributed by atoms with Crippen molar-refractivity contribution in [1.29, 1.82) is 0 Å². The Kier molecular flexibility index (Phi) is 1.24. The Morgan fingerprint density at radius 2 is 2.50 bits per heavy atom. The van der Waals surface area contributed by atoms with E-state index in [4.69, 9.17) is 0 Å². The zero-order chi connectivity index (χ0) is 6.97. The summed E-state index contributed by atoms with van der Waals surface area (Å²) in [5.74, 6) is 0. The second-order valence-electron chi connectivity index (χ2n) is 1.97. The minimum Gasteiger partial charge on any atom is -0.334 e. The van der Waals surface area contributed by atoms with Crippen molar-refractivity contribution in [2.75, 3.05) is 0 Å². The maximum Gasteiger partial charge on any atom is 0.138 e. The van der Waals surface area contributed by atoms with Crippen molar-refractivity contribution >= 4 is 27.0 Å². The highest BCUT2D eigenvalue weighted by molar-refractivity contribution is 9.10. The molecule has 0 fully saturated rings. The lowest BCUT2D eigenvalue weighted by atomic mass is 10.3. The van der Waals surface area contributed by atoms with Gasteiger partial charge in [-0.1, -0.05) is 0 Å². The van der Waals surface area contributed by atoms with Crippen LogP contribution in [0.5, 0.6) is 0 Å². The lowest BCUT2D eigenvalue weighted by Gasteiger charge is -1.81. The SMILES string of the molecule is Brc1cc2[c]ccnc2[nH]1. The molecule has 2 nitrogen and oxygen atoms in total. The van der Waals surface area contributed by atoms with Gasteiger partial charge in [0.1, 0.15) is 5.65 Å². The molecule has 1 radical (unpaired) electrons. The van der Waals surface area contributed by atoms with Crippen LogP contribution in [0.2, 0.25) is 0 Å². The normalized spacial score (nSPS) is 10.5. The summed E-state index contributed by atoms with van der Waals surface area (Å²) in [7, 11) is 0. The Bertz CT molecular complexity index is 320. The smallest absolute Gasteiger partial charge is 0.138 e. The molecular formula is C7H4BrN2. The molecule has 0 bridgehead atoms. The average Bonchev–Trinajstić information content (AvgIpc) is 2.27. The van der Waals surface area contributed by atoms with Gasteiger partial charge in [-0.15, -0.1) is 0 Å². The van der Waals surface area contributed by atoms with E-state index in [1.807, 2.05) is 6.07 Å². The van der Waals surface area contributed by atoms with Gasteiger partial charge in [-0.05, 0) is 34.1 Å². The van der Waals surface area contributed by atoms with Crippen LogP contribution < -0.4 is 0 Å². The summed E-state index contributed by atoms with van der Waals surface area (Å²) < 4.78 is 0.942. The Labute approximate surface area is 66.4 Å². The first-order chi connectivity index (χ1) is 4.86. The minimum absolute atomic E-state index is 0.870. The fourth-order valence-electron chi connectivity index (χ4n) is 0.862. The number of aromatic nitrogens is 2. The van der Waals surface area contributed by atoms with Crippen LogP contribution in [0.1, 0.15) is 0 Å². The van der Waals surface area contributed by atoms with Gasteiger partial charge in [0.15, 0.2) is 0 Å². The predicted molar refractivity (Wildman–Crippen MR) is 42.6 cm³/mol. The molecule has 2 heterocycles. The monoisotopic (exact) mass is 195 g/mol. The average molecular weight is 196 g/mol. The zero-order valence-electron chi connectivity index (χ0n) is 5.06. The van der Waals surface area contributed by atoms with Crippen molar-refractivity contribution in [2.45, 2.75) is 0 Å². The van der Waals surface area contributed by atoms with Crippen molar-refractivity contribution in [1.82, 2.24) is 9.97 Å². The molecule has 49 valence electrons. The number of hydrogen-bond donors (Lipinski definition) is 1. The van der Waals surface area contributed by atoms with E-state index in [9.17, 15) is 0 Å². The number of pyridine rings is 1. The molecule has 1 N–H and O–H groups in total. The number of H-pyrrole nitrogens is 1. The molecule has 0 atom stereocenters. The van der Waals surface area contributed by atoms with E-state index in [-0.39, 0.29) is 0 Å². The molecule has 3 heteroatoms. The van der Waals surface area contributed by atoms with E-state index >= 15 is 0 Å². The maximum atomic E-state index is 4.09. The van der Waals surface area contributed by atoms with E-state index in [2.05, 4.69) is 32.0 Å². The van der Waals surface area contributed by atoms with Crippen molar-refractivity contribution in [3.05, 3.63) is 29.0 Å². The quantitative estimate of drug-likeness (QED) is 0.686. The standard InChI is InChI=1S/C7H4BrN2/c8-6-4-5-2-1-3-9-7(5)10-6/h1,3-4H,(H,9,10). The van der Waals surface area contributed by atoms with Crippen LogP contribution in [0.4, 0.5) is 0 Å². The first-order valence-electron chi connectivity index (χ1n) is 2.87. The maximum absolute atomic E-state index is 4.09. The number of fused-ring (bicyclic) bond motifs is 1. The molecule has 0 saturated heterocycles. The summed E-state index contributed by atoms with van der Waals surface area (Å²) in [5.41, 5.74) is 0.870. The van der Waals surface area contributed by atoms with Crippen molar-refractivity contribution < 1.29 is 0 Å². The van der Waals surface area contributed by atoms with Crippen LogP contribution in [0.3, 0.4) is 0 Å². The molecule has 10 heavy (non-hydrogen) atoms. The topological polar surface area (TPSA) is 28.7 Å². The molecule has 2 aromatic rings. The van der Waals surface area contributed by atoms with Gasteiger partial charge in [0.2, 0.25) is 0 Å². The van der Waals surface area contributed by atoms with E-state index in [0.717, 1.165) is 15.6 Å². The number of rotatable bonds is 0. The van der Waals surface area contributed by atoms with Crippen LogP contribution in [0.25, 0.3) is 11.0 Å². The summed E-state index contributed by atoms with van der Waals surface area (Å²) in [5, 5.41) is 1.01. The van der Waals surface area contributed by atoms with Crippen LogP contribution in [0, 0.1) is 6.07 Å². The van der Waals surface area contributed by atoms with Gasteiger partial charge < -0.3 is 4.98 Å². The van der Waals surface area contributed by atoms with Gasteiger partial charge in [-0.25, -0.2) is 4.98 Å². The molecule has 0 aliphatic carbocycles. The summed E-state index contributed by atoms with van der Waals surface area (Å²) >= 11 is 3.31. The third kappa shape index (κ3) is 0.827. The van der Waals surface area contributed by atoms with Gasteiger partial charge in [0.05, 0.1) is 4.60 Å². The number of halogens is 1. The van der Waals surface area contributed by atoms with E-state index in [0.29, 0.717) is 0 Å². The van der Waals surface area contributed by atoms with Crippen LogP contribution in [0.15, 0.2) is 22.9 Å². The van der Waals surface area contributed by atoms with Gasteiger partial charge >= 0.3 is 0 Å². The van der Waals surface area contributed by atoms with E-state index < -0.39 is 0 Å². The molecule has 2 aromatic heterocycles. The molecule has 0 aliphatic heterocycles. The molecular weight excluding hydrogens is 192 g/mol. The van der Waals surface area contributed by atoms with Crippen LogP contribution in [-0.4, -0.2) is 9.97 Å². The molecule has 0 spiro atoms. The lowest BCUT2D eigenvalue weighted by Crippen LogP contribution is -1.71. The largest absolute Gasteiger partial charge is 0.334 e. The number of hydrogen-bond acceptors (Lipinski definition) is 1. The summed E-state index contributed by atoms with van der Waals surface area (Å²) in [6.07, 6.45) is 1.71. The Balaban J connectivity index is 2.88. The Morgan fingerprint density at radius 3 is 3.30 bits per heavy atom. The first kappa shape index (κ1) is 5.92. The van der Waals surface area contributed by atoms with Crippen LogP contribution >= 0.6 is 15.9 Å². The summed E-state index contributed by atoms with van der Waals surface area (Å²) in [6, 6.07) is 6.79. The number of nitrogens with zero attached hydrogens (tertiary/aromatic N) is 1. The van der Waals surface area contributed by atoms with Gasteiger partial charge in [-0.3, -0.25) is 0 Å². The highest BCUT2D eigenvalue weighted by atomic mass is 79.9. The number of nitrogens with one attached hydrogen (secondary N) is 1. The predicted octanol–water partition coefficient (Wildman–Crippen LogP) is 2.13. The highest BCUT2D eigenvalue weighted by Gasteiger charge is 1.95. The van der Waals surface area contributed by atoms with Gasteiger partial charge in [-0.2, -0.15) is 0 Å². The highest BCUT2D eigenvalue weighted by Crippen LogP contribution is 2.15. The molecule has 0 aromatic carbocycles. The fraction of sp³-hybridized carbons (Fsp3) is 0. The fourth-order valence-corrected chi connectivity index (χ4v) is 1.28. The second kappa shape index (κ2) is 2.09.